The third kappa shape index (κ3) is 4.33. The number of halogens is 1. The summed E-state index contributed by atoms with van der Waals surface area (Å²) in [7, 11) is 0. The molecule has 2 N–H and O–H groups in total. The highest BCUT2D eigenvalue weighted by Gasteiger charge is 2.07. The van der Waals surface area contributed by atoms with Gasteiger partial charge in [0.1, 0.15) is 0 Å². The molecule has 88 valence electrons. The Labute approximate surface area is 104 Å². The third-order valence-corrected chi connectivity index (χ3v) is 2.87. The van der Waals surface area contributed by atoms with E-state index in [2.05, 4.69) is 21.2 Å². The summed E-state index contributed by atoms with van der Waals surface area (Å²) in [5.41, 5.74) is 0.652. The fourth-order valence-electron chi connectivity index (χ4n) is 1.29. The molecule has 1 unspecified atom stereocenters. The normalized spacial score (nSPS) is 12.2. The lowest BCUT2D eigenvalue weighted by atomic mass is 10.1. The minimum Gasteiger partial charge on any atom is -0.396 e. The predicted molar refractivity (Wildman–Crippen MR) is 67.3 cm³/mol. The fourth-order valence-corrected chi connectivity index (χ4v) is 1.56. The van der Waals surface area contributed by atoms with Gasteiger partial charge in [-0.3, -0.25) is 4.79 Å². The quantitative estimate of drug-likeness (QED) is 0.871. The zero-order valence-electron chi connectivity index (χ0n) is 9.24. The Kier molecular flexibility index (Phi) is 5.49. The van der Waals surface area contributed by atoms with Crippen molar-refractivity contribution < 1.29 is 9.90 Å². The molecule has 0 aliphatic rings. The van der Waals surface area contributed by atoms with E-state index in [4.69, 9.17) is 5.11 Å². The van der Waals surface area contributed by atoms with Crippen LogP contribution < -0.4 is 5.32 Å². The van der Waals surface area contributed by atoms with Gasteiger partial charge in [-0.1, -0.05) is 22.9 Å². The zero-order valence-corrected chi connectivity index (χ0v) is 10.8. The van der Waals surface area contributed by atoms with E-state index in [0.717, 1.165) is 4.47 Å². The van der Waals surface area contributed by atoms with Gasteiger partial charge in [-0.05, 0) is 36.6 Å². The number of aliphatic hydroxyl groups excluding tert-OH is 1. The summed E-state index contributed by atoms with van der Waals surface area (Å²) in [6.07, 6.45) is 0.709. The molecular formula is C12H16BrNO2. The minimum atomic E-state index is -0.0720. The molecule has 1 amide bonds. The van der Waals surface area contributed by atoms with Crippen molar-refractivity contribution in [2.24, 2.45) is 5.92 Å². The highest BCUT2D eigenvalue weighted by atomic mass is 79.9. The van der Waals surface area contributed by atoms with Crippen LogP contribution in [0.1, 0.15) is 23.7 Å². The molecule has 0 aliphatic carbocycles. The maximum Gasteiger partial charge on any atom is 0.251 e. The Hall–Kier alpha value is -0.870. The van der Waals surface area contributed by atoms with E-state index in [0.29, 0.717) is 24.4 Å². The Morgan fingerprint density at radius 3 is 2.62 bits per heavy atom. The van der Waals surface area contributed by atoms with Crippen LogP contribution >= 0.6 is 15.9 Å². The van der Waals surface area contributed by atoms with Crippen molar-refractivity contribution in [2.45, 2.75) is 13.3 Å². The van der Waals surface area contributed by atoms with Crippen LogP contribution in [0.2, 0.25) is 0 Å². The third-order valence-electron chi connectivity index (χ3n) is 2.34. The van der Waals surface area contributed by atoms with Crippen LogP contribution in [0.25, 0.3) is 0 Å². The Balaban J connectivity index is 2.43. The summed E-state index contributed by atoms with van der Waals surface area (Å²) in [6.45, 7) is 2.75. The Morgan fingerprint density at radius 1 is 1.44 bits per heavy atom. The second-order valence-electron chi connectivity index (χ2n) is 3.83. The van der Waals surface area contributed by atoms with Crippen molar-refractivity contribution in [3.63, 3.8) is 0 Å². The van der Waals surface area contributed by atoms with E-state index in [1.807, 2.05) is 19.1 Å². The highest BCUT2D eigenvalue weighted by molar-refractivity contribution is 9.10. The molecule has 0 aromatic heterocycles. The molecule has 1 rings (SSSR count). The van der Waals surface area contributed by atoms with Gasteiger partial charge in [0.2, 0.25) is 0 Å². The highest BCUT2D eigenvalue weighted by Crippen LogP contribution is 2.10. The van der Waals surface area contributed by atoms with Gasteiger partial charge in [-0.25, -0.2) is 0 Å². The SMILES string of the molecule is CC(CCO)CNC(=O)c1ccc(Br)cc1. The number of benzene rings is 1. The molecule has 0 fully saturated rings. The number of carbonyl (C=O) groups is 1. The smallest absolute Gasteiger partial charge is 0.251 e. The molecule has 0 aliphatic heterocycles. The average Bonchev–Trinajstić information content (AvgIpc) is 2.27. The number of rotatable bonds is 5. The van der Waals surface area contributed by atoms with Gasteiger partial charge in [0.25, 0.3) is 5.91 Å². The molecule has 1 aromatic rings. The molecule has 0 heterocycles. The van der Waals surface area contributed by atoms with Crippen LogP contribution in [0.3, 0.4) is 0 Å². The molecule has 0 saturated heterocycles. The van der Waals surface area contributed by atoms with E-state index >= 15 is 0 Å². The zero-order chi connectivity index (χ0) is 12.0. The van der Waals surface area contributed by atoms with Crippen LogP contribution in [0.4, 0.5) is 0 Å². The first kappa shape index (κ1) is 13.2. The van der Waals surface area contributed by atoms with Crippen LogP contribution in [0.15, 0.2) is 28.7 Å². The van der Waals surface area contributed by atoms with Gasteiger partial charge in [0, 0.05) is 23.2 Å². The molecule has 1 atom stereocenters. The van der Waals surface area contributed by atoms with Gasteiger partial charge >= 0.3 is 0 Å². The van der Waals surface area contributed by atoms with Gasteiger partial charge in [-0.15, -0.1) is 0 Å². The molecule has 1 aromatic carbocycles. The van der Waals surface area contributed by atoms with E-state index < -0.39 is 0 Å². The van der Waals surface area contributed by atoms with E-state index in [1.165, 1.54) is 0 Å². The van der Waals surface area contributed by atoms with E-state index in [9.17, 15) is 4.79 Å². The van der Waals surface area contributed by atoms with Gasteiger partial charge in [0.05, 0.1) is 0 Å². The van der Waals surface area contributed by atoms with Crippen LogP contribution in [0.5, 0.6) is 0 Å². The topological polar surface area (TPSA) is 49.3 Å². The molecule has 0 radical (unpaired) electrons. The lowest BCUT2D eigenvalue weighted by molar-refractivity contribution is 0.0945. The molecule has 0 spiro atoms. The first-order valence-electron chi connectivity index (χ1n) is 5.28. The van der Waals surface area contributed by atoms with Gasteiger partial charge in [-0.2, -0.15) is 0 Å². The summed E-state index contributed by atoms with van der Waals surface area (Å²) in [6, 6.07) is 7.23. The molecule has 0 bridgehead atoms. The number of hydrogen-bond donors (Lipinski definition) is 2. The van der Waals surface area contributed by atoms with Crippen molar-refractivity contribution in [1.82, 2.24) is 5.32 Å². The largest absolute Gasteiger partial charge is 0.396 e. The van der Waals surface area contributed by atoms with Crippen molar-refractivity contribution in [3.8, 4) is 0 Å². The average molecular weight is 286 g/mol. The second kappa shape index (κ2) is 6.66. The number of hydrogen-bond acceptors (Lipinski definition) is 2. The molecule has 16 heavy (non-hydrogen) atoms. The Morgan fingerprint density at radius 2 is 2.06 bits per heavy atom. The molecule has 4 heteroatoms. The van der Waals surface area contributed by atoms with E-state index in [-0.39, 0.29) is 12.5 Å². The first-order chi connectivity index (χ1) is 7.63. The van der Waals surface area contributed by atoms with Crippen molar-refractivity contribution >= 4 is 21.8 Å². The van der Waals surface area contributed by atoms with Gasteiger partial charge < -0.3 is 10.4 Å². The first-order valence-corrected chi connectivity index (χ1v) is 6.07. The summed E-state index contributed by atoms with van der Waals surface area (Å²) in [4.78, 5) is 11.7. The maximum absolute atomic E-state index is 11.7. The van der Waals surface area contributed by atoms with Crippen LogP contribution in [-0.4, -0.2) is 24.2 Å². The summed E-state index contributed by atoms with van der Waals surface area (Å²) >= 11 is 3.32. The van der Waals surface area contributed by atoms with Crippen LogP contribution in [-0.2, 0) is 0 Å². The number of amides is 1. The lowest BCUT2D eigenvalue weighted by Gasteiger charge is -2.11. The predicted octanol–water partition coefficient (Wildman–Crippen LogP) is 2.20. The monoisotopic (exact) mass is 285 g/mol. The summed E-state index contributed by atoms with van der Waals surface area (Å²) in [5.74, 6) is 0.224. The second-order valence-corrected chi connectivity index (χ2v) is 4.75. The molecular weight excluding hydrogens is 270 g/mol. The molecule has 3 nitrogen and oxygen atoms in total. The Bertz CT molecular complexity index is 337. The fraction of sp³-hybridized carbons (Fsp3) is 0.417. The number of carbonyl (C=O) groups excluding carboxylic acids is 1. The maximum atomic E-state index is 11.7. The van der Waals surface area contributed by atoms with Crippen molar-refractivity contribution in [2.75, 3.05) is 13.2 Å². The summed E-state index contributed by atoms with van der Waals surface area (Å²) in [5, 5.41) is 11.6. The van der Waals surface area contributed by atoms with Gasteiger partial charge in [0.15, 0.2) is 0 Å². The number of nitrogens with one attached hydrogen (secondary N) is 1. The lowest BCUT2D eigenvalue weighted by Crippen LogP contribution is -2.28. The van der Waals surface area contributed by atoms with Crippen molar-refractivity contribution in [1.29, 1.82) is 0 Å². The standard InChI is InChI=1S/C12H16BrNO2/c1-9(6-7-15)8-14-12(16)10-2-4-11(13)5-3-10/h2-5,9,15H,6-8H2,1H3,(H,14,16). The summed E-state index contributed by atoms with van der Waals surface area (Å²) < 4.78 is 0.956. The number of aliphatic hydroxyl groups is 1. The van der Waals surface area contributed by atoms with Crippen LogP contribution in [0, 0.1) is 5.92 Å². The minimum absolute atomic E-state index is 0.0720. The van der Waals surface area contributed by atoms with Crippen molar-refractivity contribution in [3.05, 3.63) is 34.3 Å². The molecule has 0 saturated carbocycles. The van der Waals surface area contributed by atoms with E-state index in [1.54, 1.807) is 12.1 Å².